The zero-order valence-electron chi connectivity index (χ0n) is 12.6. The van der Waals surface area contributed by atoms with Gasteiger partial charge in [-0.05, 0) is 17.2 Å². The molecule has 2 aromatic carbocycles. The van der Waals surface area contributed by atoms with E-state index < -0.39 is 0 Å². The lowest BCUT2D eigenvalue weighted by Gasteiger charge is -2.02. The van der Waals surface area contributed by atoms with E-state index in [4.69, 9.17) is 12.2 Å². The van der Waals surface area contributed by atoms with Gasteiger partial charge in [0.05, 0.1) is 0 Å². The number of thiocarbonyl (C=S) groups is 1. The molecule has 2 aromatic rings. The fraction of sp³-hybridized carbons (Fsp3) is 0.211. The Morgan fingerprint density at radius 2 is 1.29 bits per heavy atom. The first-order valence-corrected chi connectivity index (χ1v) is 8.10. The van der Waals surface area contributed by atoms with Gasteiger partial charge in [-0.25, -0.2) is 0 Å². The third-order valence-corrected chi connectivity index (χ3v) is 3.64. The van der Waals surface area contributed by atoms with Gasteiger partial charge in [-0.15, -0.1) is 12.6 Å². The van der Waals surface area contributed by atoms with E-state index in [1.165, 1.54) is 12.8 Å². The van der Waals surface area contributed by atoms with Crippen molar-refractivity contribution in [1.29, 1.82) is 0 Å². The van der Waals surface area contributed by atoms with Gasteiger partial charge < -0.3 is 0 Å². The number of benzene rings is 2. The Labute approximate surface area is 139 Å². The molecule has 21 heavy (non-hydrogen) atoms. The highest BCUT2D eigenvalue weighted by molar-refractivity contribution is 7.90. The minimum absolute atomic E-state index is 0.805. The molecular formula is C19H22S2. The summed E-state index contributed by atoms with van der Waals surface area (Å²) < 4.78 is 0. The van der Waals surface area contributed by atoms with Crippen LogP contribution in [0.5, 0.6) is 0 Å². The van der Waals surface area contributed by atoms with Gasteiger partial charge in [-0.3, -0.25) is 0 Å². The van der Waals surface area contributed by atoms with E-state index >= 15 is 0 Å². The number of allylic oxidation sites excluding steroid dienone is 1. The molecule has 0 aromatic heterocycles. The predicted octanol–water partition coefficient (Wildman–Crippen LogP) is 6.18. The van der Waals surface area contributed by atoms with Crippen molar-refractivity contribution in [3.05, 3.63) is 77.9 Å². The first kappa shape index (κ1) is 17.7. The summed E-state index contributed by atoms with van der Waals surface area (Å²) in [5.74, 6) is 0. The maximum atomic E-state index is 5.37. The highest BCUT2D eigenvalue weighted by atomic mass is 32.1. The third-order valence-electron chi connectivity index (χ3n) is 2.90. The standard InChI is InChI=1S/C15H12S2.C4H10/c16-14(12-7-3-1-4-8-12)11-15(17)13-9-5-2-6-10-13;1-3-4-2/h1-11,16H;3-4H2,1-2H3/b14-11-;. The molecule has 0 unspecified atom stereocenters. The van der Waals surface area contributed by atoms with Crippen molar-refractivity contribution in [3.8, 4) is 0 Å². The van der Waals surface area contributed by atoms with E-state index in [-0.39, 0.29) is 0 Å². The molecule has 0 aliphatic carbocycles. The topological polar surface area (TPSA) is 0 Å². The van der Waals surface area contributed by atoms with Gasteiger partial charge in [0, 0.05) is 9.77 Å². The van der Waals surface area contributed by atoms with Crippen molar-refractivity contribution in [2.45, 2.75) is 26.7 Å². The molecule has 0 saturated heterocycles. The lowest BCUT2D eigenvalue weighted by molar-refractivity contribution is 0.886. The second kappa shape index (κ2) is 10.4. The number of hydrogen-bond donors (Lipinski definition) is 1. The van der Waals surface area contributed by atoms with Crippen molar-refractivity contribution in [2.75, 3.05) is 0 Å². The van der Waals surface area contributed by atoms with Crippen LogP contribution in [-0.4, -0.2) is 4.86 Å². The fourth-order valence-corrected chi connectivity index (χ4v) is 2.12. The van der Waals surface area contributed by atoms with Crippen molar-refractivity contribution in [2.24, 2.45) is 0 Å². The molecule has 0 atom stereocenters. The number of unbranched alkanes of at least 4 members (excludes halogenated alkanes) is 1. The van der Waals surface area contributed by atoms with Gasteiger partial charge in [0.2, 0.25) is 0 Å². The first-order valence-electron chi connectivity index (χ1n) is 7.24. The number of thiol groups is 1. The Hall–Kier alpha value is -1.38. The molecule has 0 aliphatic rings. The van der Waals surface area contributed by atoms with Gasteiger partial charge in [-0.2, -0.15) is 0 Å². The molecule has 0 bridgehead atoms. The highest BCUT2D eigenvalue weighted by Gasteiger charge is 2.00. The van der Waals surface area contributed by atoms with Crippen LogP contribution in [0.15, 0.2) is 66.7 Å². The molecule has 0 aliphatic heterocycles. The van der Waals surface area contributed by atoms with E-state index in [9.17, 15) is 0 Å². The summed E-state index contributed by atoms with van der Waals surface area (Å²) >= 11 is 9.85. The first-order chi connectivity index (χ1) is 10.2. The molecular weight excluding hydrogens is 292 g/mol. The minimum Gasteiger partial charge on any atom is -0.143 e. The number of rotatable bonds is 4. The van der Waals surface area contributed by atoms with Crippen molar-refractivity contribution < 1.29 is 0 Å². The van der Waals surface area contributed by atoms with Crippen molar-refractivity contribution in [1.82, 2.24) is 0 Å². The van der Waals surface area contributed by atoms with Crippen LogP contribution in [0.2, 0.25) is 0 Å². The van der Waals surface area contributed by atoms with E-state index in [2.05, 4.69) is 26.5 Å². The SMILES string of the molecule is CCCC.S=C(/C=C(\S)c1ccccc1)c1ccccc1. The van der Waals surface area contributed by atoms with Crippen LogP contribution < -0.4 is 0 Å². The summed E-state index contributed by atoms with van der Waals surface area (Å²) in [7, 11) is 0. The maximum Gasteiger partial charge on any atom is 0.0460 e. The Kier molecular flexibility index (Phi) is 8.72. The molecule has 0 heterocycles. The molecule has 0 spiro atoms. The van der Waals surface area contributed by atoms with Crippen LogP contribution in [0.4, 0.5) is 0 Å². The van der Waals surface area contributed by atoms with Gasteiger partial charge >= 0.3 is 0 Å². The summed E-state index contributed by atoms with van der Waals surface area (Å²) in [4.78, 5) is 1.69. The molecule has 0 amide bonds. The van der Waals surface area contributed by atoms with Crippen LogP contribution in [0.25, 0.3) is 4.91 Å². The molecule has 0 N–H and O–H groups in total. The fourth-order valence-electron chi connectivity index (χ4n) is 1.50. The molecule has 110 valence electrons. The summed E-state index contributed by atoms with van der Waals surface area (Å²) in [6, 6.07) is 20.0. The Bertz CT molecular complexity index is 555. The van der Waals surface area contributed by atoms with E-state index in [0.717, 1.165) is 20.9 Å². The van der Waals surface area contributed by atoms with E-state index in [1.807, 2.05) is 66.7 Å². The lowest BCUT2D eigenvalue weighted by atomic mass is 10.1. The summed E-state index contributed by atoms with van der Waals surface area (Å²) in [5.41, 5.74) is 2.12. The summed E-state index contributed by atoms with van der Waals surface area (Å²) in [6.45, 7) is 4.36. The second-order valence-electron chi connectivity index (χ2n) is 4.63. The average molecular weight is 315 g/mol. The van der Waals surface area contributed by atoms with Crippen LogP contribution >= 0.6 is 24.8 Å². The zero-order chi connectivity index (χ0) is 15.5. The van der Waals surface area contributed by atoms with Crippen LogP contribution in [0.1, 0.15) is 37.8 Å². The normalized spacial score (nSPS) is 10.5. The maximum absolute atomic E-state index is 5.37. The molecule has 0 radical (unpaired) electrons. The molecule has 0 saturated carbocycles. The smallest absolute Gasteiger partial charge is 0.0460 e. The van der Waals surface area contributed by atoms with Crippen LogP contribution in [-0.2, 0) is 0 Å². The quantitative estimate of drug-likeness (QED) is 0.304. The Morgan fingerprint density at radius 3 is 1.71 bits per heavy atom. The van der Waals surface area contributed by atoms with Gasteiger partial charge in [-0.1, -0.05) is 99.6 Å². The third kappa shape index (κ3) is 6.74. The van der Waals surface area contributed by atoms with Crippen LogP contribution in [0, 0.1) is 0 Å². The van der Waals surface area contributed by atoms with Crippen molar-refractivity contribution >= 4 is 34.6 Å². The van der Waals surface area contributed by atoms with Gasteiger partial charge in [0.25, 0.3) is 0 Å². The minimum atomic E-state index is 0.805. The molecule has 2 heteroatoms. The van der Waals surface area contributed by atoms with Gasteiger partial charge in [0.1, 0.15) is 0 Å². The molecule has 0 nitrogen and oxygen atoms in total. The monoisotopic (exact) mass is 314 g/mol. The summed E-state index contributed by atoms with van der Waals surface area (Å²) in [5, 5.41) is 0. The lowest BCUT2D eigenvalue weighted by Crippen LogP contribution is -1.92. The van der Waals surface area contributed by atoms with Crippen LogP contribution in [0.3, 0.4) is 0 Å². The molecule has 0 fully saturated rings. The second-order valence-corrected chi connectivity index (χ2v) is 5.55. The van der Waals surface area contributed by atoms with Gasteiger partial charge in [0.15, 0.2) is 0 Å². The molecule has 2 rings (SSSR count). The Morgan fingerprint density at radius 1 is 0.857 bits per heavy atom. The number of hydrogen-bond acceptors (Lipinski definition) is 2. The largest absolute Gasteiger partial charge is 0.143 e. The zero-order valence-corrected chi connectivity index (χ0v) is 14.3. The highest BCUT2D eigenvalue weighted by Crippen LogP contribution is 2.19. The Balaban J connectivity index is 0.000000491. The van der Waals surface area contributed by atoms with Crippen molar-refractivity contribution in [3.63, 3.8) is 0 Å². The van der Waals surface area contributed by atoms with E-state index in [1.54, 1.807) is 0 Å². The van der Waals surface area contributed by atoms with E-state index in [0.29, 0.717) is 0 Å². The summed E-state index contributed by atoms with van der Waals surface area (Å²) in [6.07, 6.45) is 4.56. The predicted molar refractivity (Wildman–Crippen MR) is 102 cm³/mol. The average Bonchev–Trinajstić information content (AvgIpc) is 2.56.